The molecule has 3 atom stereocenters. The number of hydrogen-bond acceptors (Lipinski definition) is 3. The van der Waals surface area contributed by atoms with Crippen LogP contribution >= 0.6 is 0 Å². The summed E-state index contributed by atoms with van der Waals surface area (Å²) in [6.07, 6.45) is 2.50. The van der Waals surface area contributed by atoms with Crippen LogP contribution in [0.1, 0.15) is 31.9 Å². The number of ether oxygens (including phenoxy) is 1. The highest BCUT2D eigenvalue weighted by molar-refractivity contribution is 7.84. The molecule has 0 heterocycles. The van der Waals surface area contributed by atoms with Crippen LogP contribution in [0, 0.1) is 5.82 Å². The van der Waals surface area contributed by atoms with Crippen molar-refractivity contribution in [3.8, 4) is 5.75 Å². The van der Waals surface area contributed by atoms with Crippen LogP contribution in [-0.4, -0.2) is 29.4 Å². The lowest BCUT2D eigenvalue weighted by molar-refractivity contribution is 0.408. The summed E-state index contributed by atoms with van der Waals surface area (Å²) in [5.41, 5.74) is 0.616. The first kappa shape index (κ1) is 16.1. The number of methoxy groups -OCH3 is 1. The molecule has 19 heavy (non-hydrogen) atoms. The molecule has 0 aromatic heterocycles. The Morgan fingerprint density at radius 2 is 2.11 bits per heavy atom. The Balaban J connectivity index is 2.62. The van der Waals surface area contributed by atoms with Crippen LogP contribution in [0.5, 0.6) is 5.75 Å². The van der Waals surface area contributed by atoms with E-state index in [0.29, 0.717) is 17.1 Å². The van der Waals surface area contributed by atoms with Gasteiger partial charge in [0.2, 0.25) is 0 Å². The first-order valence-electron chi connectivity index (χ1n) is 6.33. The van der Waals surface area contributed by atoms with Crippen LogP contribution in [0.2, 0.25) is 0 Å². The van der Waals surface area contributed by atoms with Crippen molar-refractivity contribution in [1.82, 2.24) is 5.32 Å². The normalized spacial score (nSPS) is 15.8. The van der Waals surface area contributed by atoms with Gasteiger partial charge >= 0.3 is 0 Å². The third kappa shape index (κ3) is 5.28. The Bertz CT molecular complexity index is 439. The predicted molar refractivity (Wildman–Crippen MR) is 77.5 cm³/mol. The zero-order chi connectivity index (χ0) is 14.4. The van der Waals surface area contributed by atoms with Gasteiger partial charge in [0.1, 0.15) is 11.6 Å². The van der Waals surface area contributed by atoms with Crippen molar-refractivity contribution in [2.45, 2.75) is 32.4 Å². The van der Waals surface area contributed by atoms with E-state index in [1.165, 1.54) is 13.2 Å². The van der Waals surface area contributed by atoms with Gasteiger partial charge in [0.15, 0.2) is 0 Å². The summed E-state index contributed by atoms with van der Waals surface area (Å²) in [5, 5.41) is 3.31. The van der Waals surface area contributed by atoms with E-state index in [1.54, 1.807) is 18.4 Å². The molecule has 0 bridgehead atoms. The van der Waals surface area contributed by atoms with Crippen molar-refractivity contribution in [1.29, 1.82) is 0 Å². The van der Waals surface area contributed by atoms with Crippen molar-refractivity contribution in [2.75, 3.05) is 19.1 Å². The Morgan fingerprint density at radius 3 is 2.63 bits per heavy atom. The van der Waals surface area contributed by atoms with E-state index in [1.807, 2.05) is 13.8 Å². The Kier molecular flexibility index (Phi) is 6.45. The first-order chi connectivity index (χ1) is 8.93. The molecule has 0 spiro atoms. The molecule has 1 N–H and O–H groups in total. The van der Waals surface area contributed by atoms with E-state index < -0.39 is 10.8 Å². The fraction of sp³-hybridized carbons (Fsp3) is 0.571. The summed E-state index contributed by atoms with van der Waals surface area (Å²) in [4.78, 5) is 0. The maximum atomic E-state index is 13.9. The molecule has 108 valence electrons. The van der Waals surface area contributed by atoms with E-state index in [9.17, 15) is 8.60 Å². The molecule has 5 heteroatoms. The maximum absolute atomic E-state index is 13.9. The van der Waals surface area contributed by atoms with Gasteiger partial charge in [-0.3, -0.25) is 4.21 Å². The van der Waals surface area contributed by atoms with E-state index >= 15 is 0 Å². The Labute approximate surface area is 117 Å². The second-order valence-electron chi connectivity index (χ2n) is 4.74. The first-order valence-corrected chi connectivity index (χ1v) is 8.06. The number of nitrogens with one attached hydrogen (secondary N) is 1. The van der Waals surface area contributed by atoms with Crippen LogP contribution in [0.3, 0.4) is 0 Å². The zero-order valence-electron chi connectivity index (χ0n) is 11.9. The minimum absolute atomic E-state index is 0.0915. The molecule has 0 aliphatic rings. The van der Waals surface area contributed by atoms with Crippen molar-refractivity contribution >= 4 is 10.8 Å². The summed E-state index contributed by atoms with van der Waals surface area (Å²) in [6, 6.07) is 4.98. The zero-order valence-corrected chi connectivity index (χ0v) is 12.7. The van der Waals surface area contributed by atoms with Crippen molar-refractivity contribution in [3.63, 3.8) is 0 Å². The molecular formula is C14H22FNO2S. The average molecular weight is 287 g/mol. The monoisotopic (exact) mass is 287 g/mol. The second kappa shape index (κ2) is 7.60. The average Bonchev–Trinajstić information content (AvgIpc) is 2.35. The molecule has 0 aliphatic heterocycles. The third-order valence-electron chi connectivity index (χ3n) is 3.05. The van der Waals surface area contributed by atoms with E-state index in [4.69, 9.17) is 4.74 Å². The van der Waals surface area contributed by atoms with Crippen molar-refractivity contribution < 1.29 is 13.3 Å². The highest BCUT2D eigenvalue weighted by Gasteiger charge is 2.14. The van der Waals surface area contributed by atoms with E-state index in [-0.39, 0.29) is 17.9 Å². The van der Waals surface area contributed by atoms with Crippen LogP contribution in [-0.2, 0) is 10.8 Å². The number of halogens is 1. The molecule has 0 amide bonds. The van der Waals surface area contributed by atoms with Crippen molar-refractivity contribution in [3.05, 3.63) is 29.6 Å². The lowest BCUT2D eigenvalue weighted by atomic mass is 10.1. The van der Waals surface area contributed by atoms with E-state index in [2.05, 4.69) is 5.32 Å². The van der Waals surface area contributed by atoms with Crippen LogP contribution in [0.4, 0.5) is 4.39 Å². The molecule has 0 saturated heterocycles. The number of benzene rings is 1. The minimum Gasteiger partial charge on any atom is -0.497 e. The molecule has 0 fully saturated rings. The fourth-order valence-corrected chi connectivity index (χ4v) is 2.61. The summed E-state index contributed by atoms with van der Waals surface area (Å²) in [6.45, 7) is 3.94. The lowest BCUT2D eigenvalue weighted by Gasteiger charge is -2.20. The smallest absolute Gasteiger partial charge is 0.131 e. The highest BCUT2D eigenvalue weighted by Crippen LogP contribution is 2.22. The van der Waals surface area contributed by atoms with Crippen LogP contribution in [0.25, 0.3) is 0 Å². The summed E-state index contributed by atoms with van der Waals surface area (Å²) in [5.74, 6) is 0.903. The van der Waals surface area contributed by atoms with Gasteiger partial charge in [0.25, 0.3) is 0 Å². The van der Waals surface area contributed by atoms with E-state index in [0.717, 1.165) is 6.42 Å². The molecule has 1 rings (SSSR count). The van der Waals surface area contributed by atoms with Gasteiger partial charge in [-0.2, -0.15) is 0 Å². The Hall–Kier alpha value is -0.940. The lowest BCUT2D eigenvalue weighted by Crippen LogP contribution is -2.30. The fourth-order valence-electron chi connectivity index (χ4n) is 1.93. The second-order valence-corrected chi connectivity index (χ2v) is 6.30. The van der Waals surface area contributed by atoms with Crippen LogP contribution in [0.15, 0.2) is 18.2 Å². The topological polar surface area (TPSA) is 38.3 Å². The van der Waals surface area contributed by atoms with Gasteiger partial charge in [-0.15, -0.1) is 0 Å². The SMILES string of the molecule is COc1ccc(C(C)NC(C)CCS(C)=O)c(F)c1. The van der Waals surface area contributed by atoms with Gasteiger partial charge in [-0.25, -0.2) is 4.39 Å². The summed E-state index contributed by atoms with van der Waals surface area (Å²) in [7, 11) is 0.732. The number of rotatable bonds is 7. The summed E-state index contributed by atoms with van der Waals surface area (Å²) < 4.78 is 29.9. The third-order valence-corrected chi connectivity index (χ3v) is 3.86. The van der Waals surface area contributed by atoms with Crippen molar-refractivity contribution in [2.24, 2.45) is 0 Å². The van der Waals surface area contributed by atoms with Crippen LogP contribution < -0.4 is 10.1 Å². The molecule has 0 radical (unpaired) electrons. The predicted octanol–water partition coefficient (Wildman–Crippen LogP) is 2.64. The maximum Gasteiger partial charge on any atom is 0.131 e. The molecule has 1 aromatic rings. The molecule has 0 saturated carbocycles. The van der Waals surface area contributed by atoms with Gasteiger partial charge in [0.05, 0.1) is 7.11 Å². The molecule has 1 aromatic carbocycles. The van der Waals surface area contributed by atoms with Gasteiger partial charge in [-0.05, 0) is 26.3 Å². The molecule has 3 unspecified atom stereocenters. The molecule has 3 nitrogen and oxygen atoms in total. The standard InChI is InChI=1S/C14H22FNO2S/c1-10(7-8-19(4)17)16-11(2)13-6-5-12(18-3)9-14(13)15/h5-6,9-11,16H,7-8H2,1-4H3. The molecular weight excluding hydrogens is 265 g/mol. The molecule has 0 aliphatic carbocycles. The highest BCUT2D eigenvalue weighted by atomic mass is 32.2. The van der Waals surface area contributed by atoms with Gasteiger partial charge in [0, 0.05) is 46.5 Å². The largest absolute Gasteiger partial charge is 0.497 e. The quantitative estimate of drug-likeness (QED) is 0.838. The Morgan fingerprint density at radius 1 is 1.42 bits per heavy atom. The van der Waals surface area contributed by atoms with Gasteiger partial charge < -0.3 is 10.1 Å². The van der Waals surface area contributed by atoms with Gasteiger partial charge in [-0.1, -0.05) is 6.07 Å². The number of hydrogen-bond donors (Lipinski definition) is 1. The summed E-state index contributed by atoms with van der Waals surface area (Å²) >= 11 is 0. The minimum atomic E-state index is -0.785.